The van der Waals surface area contributed by atoms with Gasteiger partial charge in [-0.05, 0) is 30.0 Å². The third-order valence-corrected chi connectivity index (χ3v) is 3.32. The molecule has 14 heavy (non-hydrogen) atoms. The van der Waals surface area contributed by atoms with Gasteiger partial charge >= 0.3 is 0 Å². The summed E-state index contributed by atoms with van der Waals surface area (Å²) in [5.74, 6) is 1.31. The van der Waals surface area contributed by atoms with E-state index in [2.05, 4.69) is 30.8 Å². The fraction of sp³-hybridized carbons (Fsp3) is 0.500. The highest BCUT2D eigenvalue weighted by Gasteiger charge is 2.03. The van der Waals surface area contributed by atoms with Crippen molar-refractivity contribution in [3.8, 4) is 0 Å². The highest BCUT2D eigenvalue weighted by molar-refractivity contribution is 9.10. The number of thioether (sulfide) groups is 1. The number of nitrogens with two attached hydrogens (primary N) is 1. The Labute approximate surface area is 96.4 Å². The maximum absolute atomic E-state index is 5.49. The summed E-state index contributed by atoms with van der Waals surface area (Å²) in [6.07, 6.45) is 1.68. The first kappa shape index (κ1) is 11.7. The van der Waals surface area contributed by atoms with E-state index in [4.69, 9.17) is 5.73 Å². The zero-order valence-electron chi connectivity index (χ0n) is 8.20. The Bertz CT molecular complexity index is 305. The van der Waals surface area contributed by atoms with Crippen LogP contribution >= 0.6 is 27.7 Å². The van der Waals surface area contributed by atoms with Crippen LogP contribution in [0.15, 0.2) is 15.7 Å². The number of nitrogens with zero attached hydrogens (tertiary/aromatic N) is 3. The van der Waals surface area contributed by atoms with Gasteiger partial charge in [-0.15, -0.1) is 11.8 Å². The van der Waals surface area contributed by atoms with Gasteiger partial charge in [0, 0.05) is 18.5 Å². The lowest BCUT2D eigenvalue weighted by Crippen LogP contribution is -2.14. The molecule has 2 N–H and O–H groups in total. The molecule has 0 fully saturated rings. The predicted molar refractivity (Wildman–Crippen MR) is 63.4 cm³/mol. The molecule has 1 rings (SSSR count). The molecule has 0 unspecified atom stereocenters. The number of aromatic nitrogens is 2. The van der Waals surface area contributed by atoms with Crippen molar-refractivity contribution < 1.29 is 0 Å². The number of hydrogen-bond donors (Lipinski definition) is 1. The van der Waals surface area contributed by atoms with E-state index in [0.29, 0.717) is 5.95 Å². The summed E-state index contributed by atoms with van der Waals surface area (Å²) in [5.41, 5.74) is 5.49. The number of nitrogen functional groups attached to an aromatic ring is 1. The lowest BCUT2D eigenvalue weighted by Gasteiger charge is -2.08. The first-order valence-corrected chi connectivity index (χ1v) is 5.93. The topological polar surface area (TPSA) is 55.0 Å². The Morgan fingerprint density at radius 3 is 2.93 bits per heavy atom. The van der Waals surface area contributed by atoms with Crippen LogP contribution in [0.2, 0.25) is 0 Å². The molecule has 0 aliphatic carbocycles. The maximum atomic E-state index is 5.49. The molecule has 0 amide bonds. The first-order valence-electron chi connectivity index (χ1n) is 4.15. The van der Waals surface area contributed by atoms with Crippen molar-refractivity contribution in [2.45, 2.75) is 5.03 Å². The molecule has 4 nitrogen and oxygen atoms in total. The van der Waals surface area contributed by atoms with Gasteiger partial charge in [0.15, 0.2) is 0 Å². The van der Waals surface area contributed by atoms with Crippen LogP contribution in [0.4, 0.5) is 5.95 Å². The van der Waals surface area contributed by atoms with Gasteiger partial charge in [0.2, 0.25) is 5.95 Å². The third-order valence-electron chi connectivity index (χ3n) is 1.51. The molecule has 1 heterocycles. The van der Waals surface area contributed by atoms with E-state index in [1.165, 1.54) is 0 Å². The molecule has 1 aromatic rings. The molecule has 0 bridgehead atoms. The molecule has 0 saturated heterocycles. The predicted octanol–water partition coefficient (Wildman–Crippen LogP) is 1.47. The van der Waals surface area contributed by atoms with Crippen molar-refractivity contribution in [1.29, 1.82) is 0 Å². The zero-order valence-corrected chi connectivity index (χ0v) is 10.6. The molecule has 1 aromatic heterocycles. The van der Waals surface area contributed by atoms with Crippen LogP contribution in [0.5, 0.6) is 0 Å². The smallest absolute Gasteiger partial charge is 0.221 e. The molecule has 0 aromatic carbocycles. The van der Waals surface area contributed by atoms with Crippen molar-refractivity contribution in [1.82, 2.24) is 14.9 Å². The maximum Gasteiger partial charge on any atom is 0.221 e. The molecule has 78 valence electrons. The average Bonchev–Trinajstić information content (AvgIpc) is 2.10. The van der Waals surface area contributed by atoms with Gasteiger partial charge in [-0.1, -0.05) is 0 Å². The Kier molecular flexibility index (Phi) is 4.64. The highest BCUT2D eigenvalue weighted by Crippen LogP contribution is 2.24. The van der Waals surface area contributed by atoms with Gasteiger partial charge in [0.05, 0.1) is 4.47 Å². The quantitative estimate of drug-likeness (QED) is 0.667. The first-order chi connectivity index (χ1) is 6.59. The van der Waals surface area contributed by atoms with Gasteiger partial charge < -0.3 is 10.6 Å². The molecule has 0 aliphatic heterocycles. The number of halogens is 1. The van der Waals surface area contributed by atoms with Crippen LogP contribution in [-0.2, 0) is 0 Å². The van der Waals surface area contributed by atoms with E-state index in [1.807, 2.05) is 14.1 Å². The van der Waals surface area contributed by atoms with Gasteiger partial charge in [0.25, 0.3) is 0 Å². The lowest BCUT2D eigenvalue weighted by atomic mass is 10.7. The van der Waals surface area contributed by atoms with Crippen molar-refractivity contribution in [2.24, 2.45) is 0 Å². The van der Waals surface area contributed by atoms with Crippen molar-refractivity contribution in [3.63, 3.8) is 0 Å². The van der Waals surface area contributed by atoms with Crippen molar-refractivity contribution >= 4 is 33.6 Å². The van der Waals surface area contributed by atoms with Crippen LogP contribution in [0.3, 0.4) is 0 Å². The van der Waals surface area contributed by atoms with Crippen LogP contribution < -0.4 is 5.73 Å². The summed E-state index contributed by atoms with van der Waals surface area (Å²) in [6, 6.07) is 0. The Morgan fingerprint density at radius 2 is 2.29 bits per heavy atom. The van der Waals surface area contributed by atoms with Crippen molar-refractivity contribution in [3.05, 3.63) is 10.7 Å². The Balaban J connectivity index is 2.53. The van der Waals surface area contributed by atoms with E-state index < -0.39 is 0 Å². The van der Waals surface area contributed by atoms with E-state index in [-0.39, 0.29) is 0 Å². The van der Waals surface area contributed by atoms with E-state index in [9.17, 15) is 0 Å². The monoisotopic (exact) mass is 276 g/mol. The minimum Gasteiger partial charge on any atom is -0.368 e. The summed E-state index contributed by atoms with van der Waals surface area (Å²) in [5, 5.41) is 0.902. The van der Waals surface area contributed by atoms with Gasteiger partial charge in [0.1, 0.15) is 5.03 Å². The second-order valence-corrected chi connectivity index (χ2v) is 4.97. The van der Waals surface area contributed by atoms with Crippen molar-refractivity contribution in [2.75, 3.05) is 32.1 Å². The highest BCUT2D eigenvalue weighted by atomic mass is 79.9. The summed E-state index contributed by atoms with van der Waals surface area (Å²) in [4.78, 5) is 10.1. The van der Waals surface area contributed by atoms with Gasteiger partial charge in [-0.2, -0.15) is 0 Å². The Morgan fingerprint density at radius 1 is 1.57 bits per heavy atom. The fourth-order valence-corrected chi connectivity index (χ4v) is 2.32. The van der Waals surface area contributed by atoms with Crippen LogP contribution in [0.25, 0.3) is 0 Å². The average molecular weight is 277 g/mol. The second-order valence-electron chi connectivity index (χ2n) is 3.03. The molecular weight excluding hydrogens is 264 g/mol. The normalized spacial score (nSPS) is 10.9. The second kappa shape index (κ2) is 5.53. The number of rotatable bonds is 4. The van der Waals surface area contributed by atoms with Crippen LogP contribution in [0, 0.1) is 0 Å². The largest absolute Gasteiger partial charge is 0.368 e. The summed E-state index contributed by atoms with van der Waals surface area (Å²) < 4.78 is 0.899. The minimum atomic E-state index is 0.320. The SMILES string of the molecule is CN(C)CCSc1nc(N)ncc1Br. The van der Waals surface area contributed by atoms with Gasteiger partial charge in [-0.25, -0.2) is 9.97 Å². The molecule has 0 saturated carbocycles. The molecule has 0 aliphatic rings. The standard InChI is InChI=1S/C8H13BrN4S/c1-13(2)3-4-14-7-6(9)5-11-8(10)12-7/h5H,3-4H2,1-2H3,(H2,10,11,12). The zero-order chi connectivity index (χ0) is 10.6. The van der Waals surface area contributed by atoms with Crippen LogP contribution in [0.1, 0.15) is 0 Å². The number of hydrogen-bond acceptors (Lipinski definition) is 5. The molecule has 0 radical (unpaired) electrons. The fourth-order valence-electron chi connectivity index (χ4n) is 0.790. The number of anilines is 1. The van der Waals surface area contributed by atoms with E-state index in [0.717, 1.165) is 21.8 Å². The van der Waals surface area contributed by atoms with E-state index in [1.54, 1.807) is 18.0 Å². The minimum absolute atomic E-state index is 0.320. The molecule has 0 spiro atoms. The summed E-state index contributed by atoms with van der Waals surface area (Å²) in [7, 11) is 4.09. The summed E-state index contributed by atoms with van der Waals surface area (Å²) in [6.45, 7) is 1.01. The molecule has 6 heteroatoms. The molecular formula is C8H13BrN4S. The summed E-state index contributed by atoms with van der Waals surface area (Å²) >= 11 is 5.05. The van der Waals surface area contributed by atoms with Crippen LogP contribution in [-0.4, -0.2) is 41.3 Å². The van der Waals surface area contributed by atoms with E-state index >= 15 is 0 Å². The Hall–Kier alpha value is -0.330. The third kappa shape index (κ3) is 3.81. The molecule has 0 atom stereocenters. The van der Waals surface area contributed by atoms with Gasteiger partial charge in [-0.3, -0.25) is 0 Å². The lowest BCUT2D eigenvalue weighted by molar-refractivity contribution is 0.437.